The number of halogens is 1. The molecule has 0 fully saturated rings. The molecule has 1 aliphatic carbocycles. The van der Waals surface area contributed by atoms with Crippen LogP contribution in [-0.4, -0.2) is 21.2 Å². The first-order valence-corrected chi connectivity index (χ1v) is 13.0. The van der Waals surface area contributed by atoms with E-state index in [1.807, 2.05) is 36.4 Å². The van der Waals surface area contributed by atoms with E-state index >= 15 is 0 Å². The van der Waals surface area contributed by atoms with E-state index in [4.69, 9.17) is 26.0 Å². The first-order chi connectivity index (χ1) is 18.9. The first kappa shape index (κ1) is 24.8. The van der Waals surface area contributed by atoms with Gasteiger partial charge < -0.3 is 9.73 Å². The summed E-state index contributed by atoms with van der Waals surface area (Å²) in [5, 5.41) is 4.93. The smallest absolute Gasteiger partial charge is 0.226 e. The highest BCUT2D eigenvalue weighted by atomic mass is 35.5. The molecule has 5 aromatic rings. The Bertz CT molecular complexity index is 1840. The number of aldehydes is 1. The van der Waals surface area contributed by atoms with Crippen LogP contribution in [0.4, 0.5) is 5.82 Å². The predicted molar refractivity (Wildman–Crippen MR) is 157 cm³/mol. The van der Waals surface area contributed by atoms with E-state index < -0.39 is 5.54 Å². The minimum Gasteiger partial charge on any atom is -0.436 e. The van der Waals surface area contributed by atoms with Crippen molar-refractivity contribution in [2.24, 2.45) is 5.92 Å². The van der Waals surface area contributed by atoms with Gasteiger partial charge in [0.25, 0.3) is 0 Å². The van der Waals surface area contributed by atoms with Gasteiger partial charge in [0.05, 0.1) is 5.02 Å². The molecule has 0 radical (unpaired) electrons. The Morgan fingerprint density at radius 2 is 1.97 bits per heavy atom. The van der Waals surface area contributed by atoms with Gasteiger partial charge in [-0.1, -0.05) is 67.6 Å². The maximum atomic E-state index is 11.5. The molecule has 0 amide bonds. The lowest BCUT2D eigenvalue weighted by molar-refractivity contribution is 0.112. The minimum absolute atomic E-state index is 0.148. The Balaban J connectivity index is 1.57. The largest absolute Gasteiger partial charge is 0.436 e. The van der Waals surface area contributed by atoms with Crippen LogP contribution >= 0.6 is 11.6 Å². The lowest BCUT2D eigenvalue weighted by atomic mass is 9.73. The van der Waals surface area contributed by atoms with Crippen molar-refractivity contribution in [3.05, 3.63) is 119 Å². The molecule has 1 aliphatic rings. The number of rotatable bonds is 6. The average Bonchev–Trinajstić information content (AvgIpc) is 3.40. The van der Waals surface area contributed by atoms with Crippen molar-refractivity contribution in [2.75, 3.05) is 5.32 Å². The second-order valence-electron chi connectivity index (χ2n) is 9.70. The Kier molecular flexibility index (Phi) is 6.12. The lowest BCUT2D eigenvalue weighted by Crippen LogP contribution is -2.42. The van der Waals surface area contributed by atoms with Crippen LogP contribution in [0.25, 0.3) is 33.7 Å². The maximum absolute atomic E-state index is 11.5. The molecule has 0 saturated heterocycles. The first-order valence-electron chi connectivity index (χ1n) is 12.6. The van der Waals surface area contributed by atoms with Crippen LogP contribution in [0.1, 0.15) is 39.9 Å². The maximum Gasteiger partial charge on any atom is 0.226 e. The third-order valence-electron chi connectivity index (χ3n) is 7.38. The molecular formula is C32H25ClN4O2. The molecule has 0 aliphatic heterocycles. The molecule has 0 spiro atoms. The van der Waals surface area contributed by atoms with Crippen molar-refractivity contribution in [3.63, 3.8) is 0 Å². The van der Waals surface area contributed by atoms with Crippen molar-refractivity contribution in [2.45, 2.75) is 19.4 Å². The molecule has 2 unspecified atom stereocenters. The molecule has 1 N–H and O–H groups in total. The van der Waals surface area contributed by atoms with Crippen molar-refractivity contribution in [3.8, 4) is 0 Å². The Morgan fingerprint density at radius 3 is 2.77 bits per heavy atom. The highest BCUT2D eigenvalue weighted by Gasteiger charge is 2.45. The summed E-state index contributed by atoms with van der Waals surface area (Å²) in [4.78, 5) is 25.7. The molecule has 6 rings (SSSR count). The van der Waals surface area contributed by atoms with Crippen molar-refractivity contribution < 1.29 is 9.21 Å². The number of aryl methyl sites for hydroxylation is 1. The third-order valence-corrected chi connectivity index (χ3v) is 7.66. The zero-order valence-corrected chi connectivity index (χ0v) is 22.2. The molecular weight excluding hydrogens is 508 g/mol. The number of carbonyl (C=O) groups excluding carboxylic acids is 1. The van der Waals surface area contributed by atoms with Crippen molar-refractivity contribution in [1.29, 1.82) is 0 Å². The Morgan fingerprint density at radius 1 is 1.13 bits per heavy atom. The molecule has 0 bridgehead atoms. The summed E-state index contributed by atoms with van der Waals surface area (Å²) in [5.41, 5.74) is 5.47. The fourth-order valence-electron chi connectivity index (χ4n) is 5.25. The number of aromatic nitrogens is 3. The summed E-state index contributed by atoms with van der Waals surface area (Å²) in [5.74, 6) is 0.852. The summed E-state index contributed by atoms with van der Waals surface area (Å²) in [7, 11) is 0. The van der Waals surface area contributed by atoms with Crippen LogP contribution < -0.4 is 5.32 Å². The highest BCUT2D eigenvalue weighted by Crippen LogP contribution is 2.46. The standard InChI is InChI=1S/C32H25ClN4O2/c1-4-21-14-23-11-13-34-30(28(23)35-17-21)37-32(31-36-27-16-22(18-38)15-26(33)29(27)39-31)12-7-10-25(20(32)3)24-9-6-5-8-19(24)2/h4-18,20H,1H2,2-3H3,(H,34,37). The molecule has 2 aromatic carbocycles. The quantitative estimate of drug-likeness (QED) is 0.225. The van der Waals surface area contributed by atoms with E-state index in [0.29, 0.717) is 38.9 Å². The zero-order chi connectivity index (χ0) is 27.1. The lowest BCUT2D eigenvalue weighted by Gasteiger charge is -2.39. The van der Waals surface area contributed by atoms with Gasteiger partial charge in [0.15, 0.2) is 11.4 Å². The molecule has 39 heavy (non-hydrogen) atoms. The Labute approximate surface area is 230 Å². The van der Waals surface area contributed by atoms with Gasteiger partial charge in [-0.15, -0.1) is 0 Å². The van der Waals surface area contributed by atoms with E-state index in [1.165, 1.54) is 0 Å². The van der Waals surface area contributed by atoms with Gasteiger partial charge in [0, 0.05) is 29.3 Å². The summed E-state index contributed by atoms with van der Waals surface area (Å²) < 4.78 is 6.39. The van der Waals surface area contributed by atoms with Crippen molar-refractivity contribution >= 4 is 57.4 Å². The number of pyridine rings is 2. The molecule has 6 nitrogen and oxygen atoms in total. The van der Waals surface area contributed by atoms with Gasteiger partial charge in [-0.2, -0.15) is 0 Å². The van der Waals surface area contributed by atoms with Gasteiger partial charge in [-0.25, -0.2) is 9.97 Å². The number of fused-ring (bicyclic) bond motifs is 2. The molecule has 0 saturated carbocycles. The van der Waals surface area contributed by atoms with Crippen LogP contribution in [0.5, 0.6) is 0 Å². The Hall–Kier alpha value is -4.55. The number of anilines is 1. The number of oxazole rings is 1. The van der Waals surface area contributed by atoms with E-state index in [-0.39, 0.29) is 5.92 Å². The minimum atomic E-state index is -0.948. The highest BCUT2D eigenvalue weighted by molar-refractivity contribution is 6.35. The number of carbonyl (C=O) groups is 1. The summed E-state index contributed by atoms with van der Waals surface area (Å²) >= 11 is 6.51. The third kappa shape index (κ3) is 4.14. The number of allylic oxidation sites excluding steroid dienone is 2. The number of nitrogens with zero attached hydrogens (tertiary/aromatic N) is 3. The van der Waals surface area contributed by atoms with Gasteiger partial charge in [0.2, 0.25) is 5.89 Å². The van der Waals surface area contributed by atoms with E-state index in [2.05, 4.69) is 48.9 Å². The fourth-order valence-corrected chi connectivity index (χ4v) is 5.51. The average molecular weight is 533 g/mol. The van der Waals surface area contributed by atoms with Crippen LogP contribution in [0, 0.1) is 12.8 Å². The summed E-state index contributed by atoms with van der Waals surface area (Å²) in [6, 6.07) is 15.5. The number of benzene rings is 2. The van der Waals surface area contributed by atoms with E-state index in [0.717, 1.165) is 33.9 Å². The van der Waals surface area contributed by atoms with Crippen molar-refractivity contribution in [1.82, 2.24) is 15.0 Å². The van der Waals surface area contributed by atoms with Crippen LogP contribution in [0.2, 0.25) is 5.02 Å². The topological polar surface area (TPSA) is 80.9 Å². The van der Waals surface area contributed by atoms with Gasteiger partial charge in [-0.05, 0) is 59.5 Å². The monoisotopic (exact) mass is 532 g/mol. The number of hydrogen-bond acceptors (Lipinski definition) is 6. The molecule has 3 aromatic heterocycles. The molecule has 7 heteroatoms. The van der Waals surface area contributed by atoms with Gasteiger partial charge in [0.1, 0.15) is 22.9 Å². The van der Waals surface area contributed by atoms with Gasteiger partial charge in [-0.3, -0.25) is 9.78 Å². The predicted octanol–water partition coefficient (Wildman–Crippen LogP) is 7.79. The van der Waals surface area contributed by atoms with Crippen LogP contribution in [-0.2, 0) is 5.54 Å². The molecule has 2 atom stereocenters. The van der Waals surface area contributed by atoms with E-state index in [1.54, 1.807) is 30.6 Å². The fraction of sp³-hybridized carbons (Fsp3) is 0.125. The number of nitrogens with one attached hydrogen (secondary N) is 1. The summed E-state index contributed by atoms with van der Waals surface area (Å²) in [6.45, 7) is 8.10. The van der Waals surface area contributed by atoms with Crippen LogP contribution in [0.15, 0.2) is 90.1 Å². The second-order valence-corrected chi connectivity index (χ2v) is 10.1. The second kappa shape index (κ2) is 9.64. The summed E-state index contributed by atoms with van der Waals surface area (Å²) in [6.07, 6.45) is 12.2. The molecule has 192 valence electrons. The number of hydrogen-bond donors (Lipinski definition) is 1. The van der Waals surface area contributed by atoms with E-state index in [9.17, 15) is 4.79 Å². The van der Waals surface area contributed by atoms with Crippen LogP contribution in [0.3, 0.4) is 0 Å². The normalized spacial score (nSPS) is 18.7. The van der Waals surface area contributed by atoms with Gasteiger partial charge >= 0.3 is 0 Å². The SMILES string of the molecule is C=Cc1cnc2c(NC3(c4nc5cc(C=O)cc(Cl)c5o4)C=CC=C(c4ccccc4C)C3C)nccc2c1. The zero-order valence-electron chi connectivity index (χ0n) is 21.5. The molecule has 3 heterocycles.